The van der Waals surface area contributed by atoms with Crippen LogP contribution in [0.25, 0.3) is 0 Å². The highest BCUT2D eigenvalue weighted by molar-refractivity contribution is 5.83. The number of fused-ring (bicyclic) bond motifs is 1. The molecule has 0 bridgehead atoms. The molecule has 0 aromatic heterocycles. The van der Waals surface area contributed by atoms with Gasteiger partial charge >= 0.3 is 0 Å². The monoisotopic (exact) mass is 291 g/mol. The minimum absolute atomic E-state index is 0.0536. The Kier molecular flexibility index (Phi) is 5.03. The first-order valence-corrected chi connectivity index (χ1v) is 7.11. The molecule has 0 radical (unpaired) electrons. The summed E-state index contributed by atoms with van der Waals surface area (Å²) in [6.45, 7) is 2.32. The molecule has 21 heavy (non-hydrogen) atoms. The summed E-state index contributed by atoms with van der Waals surface area (Å²) >= 11 is 0. The van der Waals surface area contributed by atoms with Crippen LogP contribution >= 0.6 is 0 Å². The number of nitrogens with one attached hydrogen (secondary N) is 1. The van der Waals surface area contributed by atoms with Crippen molar-refractivity contribution in [3.63, 3.8) is 0 Å². The van der Waals surface area contributed by atoms with Crippen molar-refractivity contribution in [3.05, 3.63) is 29.8 Å². The Morgan fingerprint density at radius 1 is 1.57 bits per heavy atom. The van der Waals surface area contributed by atoms with E-state index in [0.29, 0.717) is 25.9 Å². The average molecular weight is 291 g/mol. The minimum atomic E-state index is -0.207. The lowest BCUT2D eigenvalue weighted by Crippen LogP contribution is -2.43. The second-order valence-electron chi connectivity index (χ2n) is 5.23. The van der Waals surface area contributed by atoms with Crippen molar-refractivity contribution in [1.29, 1.82) is 0 Å². The molecule has 1 aromatic carbocycles. The van der Waals surface area contributed by atoms with Crippen molar-refractivity contribution >= 4 is 11.7 Å². The third-order valence-corrected chi connectivity index (χ3v) is 3.67. The van der Waals surface area contributed by atoms with Gasteiger partial charge in [0.1, 0.15) is 18.2 Å². The maximum absolute atomic E-state index is 12.3. The molecule has 2 atom stereocenters. The fraction of sp³-hybridized carbons (Fsp3) is 0.467. The molecular formula is C15H21N3O3. The predicted octanol–water partition coefficient (Wildman–Crippen LogP) is 1.27. The number of carbonyl (C=O) groups is 1. The number of rotatable bonds is 5. The van der Waals surface area contributed by atoms with Gasteiger partial charge in [-0.1, -0.05) is 30.3 Å². The summed E-state index contributed by atoms with van der Waals surface area (Å²) in [6.07, 6.45) is 1.72. The second-order valence-corrected chi connectivity index (χ2v) is 5.23. The van der Waals surface area contributed by atoms with Crippen LogP contribution in [0.4, 0.5) is 0 Å². The number of para-hydroxylation sites is 1. The lowest BCUT2D eigenvalue weighted by Gasteiger charge is -2.26. The molecule has 1 heterocycles. The van der Waals surface area contributed by atoms with Crippen LogP contribution in [0.15, 0.2) is 29.4 Å². The normalized spacial score (nSPS) is 19.3. The third kappa shape index (κ3) is 3.87. The number of amidine groups is 1. The molecule has 1 amide bonds. The molecule has 0 saturated heterocycles. The van der Waals surface area contributed by atoms with Crippen molar-refractivity contribution in [2.45, 2.75) is 32.2 Å². The highest BCUT2D eigenvalue weighted by Crippen LogP contribution is 2.26. The van der Waals surface area contributed by atoms with Gasteiger partial charge in [0, 0.05) is 12.5 Å². The molecule has 0 fully saturated rings. The summed E-state index contributed by atoms with van der Waals surface area (Å²) in [7, 11) is 0. The zero-order chi connectivity index (χ0) is 15.2. The molecule has 1 aromatic rings. The van der Waals surface area contributed by atoms with E-state index in [4.69, 9.17) is 15.7 Å². The van der Waals surface area contributed by atoms with E-state index in [1.54, 1.807) is 0 Å². The molecule has 6 heteroatoms. The van der Waals surface area contributed by atoms with Crippen LogP contribution in [0, 0.1) is 5.92 Å². The summed E-state index contributed by atoms with van der Waals surface area (Å²) in [4.78, 5) is 12.3. The maximum atomic E-state index is 12.3. The van der Waals surface area contributed by atoms with Gasteiger partial charge in [-0.25, -0.2) is 0 Å². The number of hydrogen-bond donors (Lipinski definition) is 3. The van der Waals surface area contributed by atoms with Crippen molar-refractivity contribution in [3.8, 4) is 5.75 Å². The first-order valence-electron chi connectivity index (χ1n) is 7.11. The van der Waals surface area contributed by atoms with Gasteiger partial charge in [-0.15, -0.1) is 0 Å². The van der Waals surface area contributed by atoms with Crippen molar-refractivity contribution in [2.75, 3.05) is 6.61 Å². The first-order chi connectivity index (χ1) is 10.1. The van der Waals surface area contributed by atoms with Crippen LogP contribution in [0.2, 0.25) is 0 Å². The molecule has 4 N–H and O–H groups in total. The molecule has 114 valence electrons. The summed E-state index contributed by atoms with van der Waals surface area (Å²) in [5.41, 5.74) is 6.54. The highest BCUT2D eigenvalue weighted by Gasteiger charge is 2.27. The molecule has 1 aliphatic heterocycles. The average Bonchev–Trinajstić information content (AvgIpc) is 2.53. The zero-order valence-electron chi connectivity index (χ0n) is 12.1. The Bertz CT molecular complexity index is 531. The van der Waals surface area contributed by atoms with Gasteiger partial charge in [0.05, 0.1) is 5.92 Å². The van der Waals surface area contributed by atoms with Gasteiger partial charge in [0.25, 0.3) is 0 Å². The van der Waals surface area contributed by atoms with E-state index in [1.807, 2.05) is 31.2 Å². The number of hydrogen-bond acceptors (Lipinski definition) is 4. The van der Waals surface area contributed by atoms with Crippen LogP contribution in [0.3, 0.4) is 0 Å². The highest BCUT2D eigenvalue weighted by atomic mass is 16.5. The van der Waals surface area contributed by atoms with Crippen LogP contribution in [-0.4, -0.2) is 29.6 Å². The van der Waals surface area contributed by atoms with E-state index in [-0.39, 0.29) is 23.7 Å². The third-order valence-electron chi connectivity index (χ3n) is 3.67. The standard InChI is InChI=1S/C15H21N3O3/c1-2-12(8-14(16)18-20)17-15(19)11-7-10-5-3-4-6-13(10)21-9-11/h3-6,11-12,20H,2,7-9H2,1H3,(H2,16,18)(H,17,19). The van der Waals surface area contributed by atoms with Gasteiger partial charge in [-0.2, -0.15) is 0 Å². The number of benzene rings is 1. The molecule has 0 saturated carbocycles. The number of amides is 1. The summed E-state index contributed by atoms with van der Waals surface area (Å²) in [5.74, 6) is 0.709. The second kappa shape index (κ2) is 6.97. The van der Waals surface area contributed by atoms with Crippen molar-refractivity contribution < 1.29 is 14.7 Å². The van der Waals surface area contributed by atoms with Crippen LogP contribution < -0.4 is 15.8 Å². The summed E-state index contributed by atoms with van der Waals surface area (Å²) < 4.78 is 5.63. The number of ether oxygens (including phenoxy) is 1. The molecule has 1 aliphatic rings. The first kappa shape index (κ1) is 15.2. The van der Waals surface area contributed by atoms with Crippen LogP contribution in [0.1, 0.15) is 25.3 Å². The molecular weight excluding hydrogens is 270 g/mol. The van der Waals surface area contributed by atoms with Gasteiger partial charge in [0.2, 0.25) is 5.91 Å². The van der Waals surface area contributed by atoms with E-state index < -0.39 is 0 Å². The van der Waals surface area contributed by atoms with E-state index in [9.17, 15) is 4.79 Å². The predicted molar refractivity (Wildman–Crippen MR) is 79.4 cm³/mol. The lowest BCUT2D eigenvalue weighted by atomic mass is 9.95. The van der Waals surface area contributed by atoms with E-state index in [2.05, 4.69) is 10.5 Å². The quantitative estimate of drug-likeness (QED) is 0.329. The smallest absolute Gasteiger partial charge is 0.227 e. The fourth-order valence-corrected chi connectivity index (χ4v) is 2.41. The molecule has 0 aliphatic carbocycles. The maximum Gasteiger partial charge on any atom is 0.227 e. The van der Waals surface area contributed by atoms with Gasteiger partial charge < -0.3 is 21.0 Å². The van der Waals surface area contributed by atoms with Gasteiger partial charge in [-0.3, -0.25) is 4.79 Å². The zero-order valence-corrected chi connectivity index (χ0v) is 12.1. The molecule has 2 rings (SSSR count). The Morgan fingerprint density at radius 2 is 2.33 bits per heavy atom. The summed E-state index contributed by atoms with van der Waals surface area (Å²) in [6, 6.07) is 7.61. The Labute approximate surface area is 124 Å². The number of nitrogens with two attached hydrogens (primary N) is 1. The minimum Gasteiger partial charge on any atom is -0.492 e. The fourth-order valence-electron chi connectivity index (χ4n) is 2.41. The molecule has 2 unspecified atom stereocenters. The lowest BCUT2D eigenvalue weighted by molar-refractivity contribution is -0.127. The van der Waals surface area contributed by atoms with Crippen LogP contribution in [0.5, 0.6) is 5.75 Å². The van der Waals surface area contributed by atoms with E-state index in [0.717, 1.165) is 11.3 Å². The van der Waals surface area contributed by atoms with Crippen LogP contribution in [-0.2, 0) is 11.2 Å². The largest absolute Gasteiger partial charge is 0.492 e. The summed E-state index contributed by atoms with van der Waals surface area (Å²) in [5, 5.41) is 14.5. The van der Waals surface area contributed by atoms with E-state index in [1.165, 1.54) is 0 Å². The number of oxime groups is 1. The topological polar surface area (TPSA) is 96.9 Å². The Balaban J connectivity index is 1.95. The van der Waals surface area contributed by atoms with Crippen molar-refractivity contribution in [2.24, 2.45) is 16.8 Å². The SMILES string of the molecule is CCC(CC(N)=NO)NC(=O)C1COc2ccccc2C1. The number of carbonyl (C=O) groups excluding carboxylic acids is 1. The Morgan fingerprint density at radius 3 is 3.05 bits per heavy atom. The molecule has 0 spiro atoms. The van der Waals surface area contributed by atoms with Gasteiger partial charge in [0.15, 0.2) is 0 Å². The van der Waals surface area contributed by atoms with Crippen molar-refractivity contribution in [1.82, 2.24) is 5.32 Å². The Hall–Kier alpha value is -2.24. The van der Waals surface area contributed by atoms with E-state index >= 15 is 0 Å². The molecule has 6 nitrogen and oxygen atoms in total. The number of nitrogens with zero attached hydrogens (tertiary/aromatic N) is 1. The van der Waals surface area contributed by atoms with Gasteiger partial charge in [-0.05, 0) is 24.5 Å².